The number of nitrogens with two attached hydrogens (primary N) is 1. The third-order valence-electron chi connectivity index (χ3n) is 3.73. The minimum atomic E-state index is -4.28. The van der Waals surface area contributed by atoms with Crippen LogP contribution < -0.4 is 5.73 Å². The highest BCUT2D eigenvalue weighted by molar-refractivity contribution is 5.90. The molecule has 0 fully saturated rings. The quantitative estimate of drug-likeness (QED) is 0.768. The molecule has 0 bridgehead atoms. The summed E-state index contributed by atoms with van der Waals surface area (Å²) in [5, 5.41) is 4.97. The largest absolute Gasteiger partial charge is 0.395 e. The number of halogens is 3. The normalized spacial score (nSPS) is 13.5. The van der Waals surface area contributed by atoms with Crippen LogP contribution in [-0.4, -0.2) is 16.0 Å². The van der Waals surface area contributed by atoms with E-state index < -0.39 is 12.1 Å². The van der Waals surface area contributed by atoms with Crippen molar-refractivity contribution in [2.45, 2.75) is 19.0 Å². The van der Waals surface area contributed by atoms with Gasteiger partial charge in [-0.3, -0.25) is 0 Å². The van der Waals surface area contributed by atoms with E-state index in [4.69, 9.17) is 5.73 Å². The molecule has 114 valence electrons. The molecule has 22 heavy (non-hydrogen) atoms. The number of hydrogen-bond donors (Lipinski definition) is 1. The molecule has 0 aliphatic carbocycles. The van der Waals surface area contributed by atoms with Gasteiger partial charge in [0, 0.05) is 5.39 Å². The van der Waals surface area contributed by atoms with Gasteiger partial charge in [0.05, 0.1) is 17.1 Å². The van der Waals surface area contributed by atoms with Crippen molar-refractivity contribution in [2.75, 3.05) is 5.73 Å². The monoisotopic (exact) mass is 305 g/mol. The predicted molar refractivity (Wildman–Crippen MR) is 80.0 cm³/mol. The van der Waals surface area contributed by atoms with Crippen molar-refractivity contribution < 1.29 is 13.2 Å². The molecule has 1 atom stereocenters. The van der Waals surface area contributed by atoms with Gasteiger partial charge in [-0.2, -0.15) is 18.3 Å². The Kier molecular flexibility index (Phi) is 3.31. The number of aromatic nitrogens is 2. The maximum Gasteiger partial charge on any atom is 0.395 e. The van der Waals surface area contributed by atoms with Crippen LogP contribution in [0.5, 0.6) is 0 Å². The molecule has 0 aliphatic rings. The van der Waals surface area contributed by atoms with E-state index in [-0.39, 0.29) is 5.56 Å². The molecule has 1 aromatic heterocycles. The minimum Gasteiger partial charge on any atom is -0.383 e. The SMILES string of the molecule is CC(c1ccc2c(N)n(-c3ccccc3)nc2c1)C(F)(F)F. The fourth-order valence-corrected chi connectivity index (χ4v) is 2.35. The first-order valence-corrected chi connectivity index (χ1v) is 6.78. The highest BCUT2D eigenvalue weighted by atomic mass is 19.4. The fraction of sp³-hybridized carbons (Fsp3) is 0.188. The third kappa shape index (κ3) is 2.41. The zero-order valence-electron chi connectivity index (χ0n) is 11.8. The van der Waals surface area contributed by atoms with Gasteiger partial charge in [0.2, 0.25) is 0 Å². The summed E-state index contributed by atoms with van der Waals surface area (Å²) in [7, 11) is 0. The summed E-state index contributed by atoms with van der Waals surface area (Å²) in [6.07, 6.45) is -4.28. The molecule has 2 N–H and O–H groups in total. The second-order valence-electron chi connectivity index (χ2n) is 5.17. The van der Waals surface area contributed by atoms with Gasteiger partial charge in [-0.1, -0.05) is 24.3 Å². The van der Waals surface area contributed by atoms with Gasteiger partial charge >= 0.3 is 6.18 Å². The zero-order valence-corrected chi connectivity index (χ0v) is 11.8. The molecule has 3 aromatic rings. The molecule has 0 radical (unpaired) electrons. The number of nitrogens with zero attached hydrogens (tertiary/aromatic N) is 2. The van der Waals surface area contributed by atoms with E-state index in [2.05, 4.69) is 5.10 Å². The van der Waals surface area contributed by atoms with Crippen LogP contribution in [0.2, 0.25) is 0 Å². The van der Waals surface area contributed by atoms with Crippen molar-refractivity contribution in [1.29, 1.82) is 0 Å². The molecule has 0 spiro atoms. The first-order chi connectivity index (χ1) is 10.4. The molecule has 3 rings (SSSR count). The smallest absolute Gasteiger partial charge is 0.383 e. The van der Waals surface area contributed by atoms with Gasteiger partial charge in [0.25, 0.3) is 0 Å². The Labute approximate surface area is 125 Å². The second-order valence-corrected chi connectivity index (χ2v) is 5.17. The average Bonchev–Trinajstić information content (AvgIpc) is 2.83. The van der Waals surface area contributed by atoms with Gasteiger partial charge in [0.1, 0.15) is 5.82 Å². The van der Waals surface area contributed by atoms with Crippen LogP contribution in [0.3, 0.4) is 0 Å². The summed E-state index contributed by atoms with van der Waals surface area (Å²) in [5.74, 6) is -1.13. The number of benzene rings is 2. The second kappa shape index (κ2) is 5.05. The number of anilines is 1. The number of alkyl halides is 3. The average molecular weight is 305 g/mol. The standard InChI is InChI=1S/C16H14F3N3/c1-10(16(17,18)19)11-7-8-13-14(9-11)21-22(15(13)20)12-5-3-2-4-6-12/h2-10H,20H2,1H3. The Morgan fingerprint density at radius 2 is 1.77 bits per heavy atom. The number of hydrogen-bond acceptors (Lipinski definition) is 2. The number of para-hydroxylation sites is 1. The molecule has 6 heteroatoms. The Bertz CT molecular complexity index is 807. The molecule has 1 unspecified atom stereocenters. The Morgan fingerprint density at radius 1 is 1.09 bits per heavy atom. The van der Waals surface area contributed by atoms with Gasteiger partial charge in [0.15, 0.2) is 0 Å². The van der Waals surface area contributed by atoms with Crippen LogP contribution >= 0.6 is 0 Å². The molecule has 1 heterocycles. The lowest BCUT2D eigenvalue weighted by Gasteiger charge is -2.15. The zero-order chi connectivity index (χ0) is 15.9. The van der Waals surface area contributed by atoms with Crippen molar-refractivity contribution in [3.05, 3.63) is 54.1 Å². The predicted octanol–water partition coefficient (Wildman–Crippen LogP) is 4.27. The van der Waals surface area contributed by atoms with Crippen LogP contribution in [0.15, 0.2) is 48.5 Å². The molecule has 3 nitrogen and oxygen atoms in total. The summed E-state index contributed by atoms with van der Waals surface area (Å²) in [6, 6.07) is 13.7. The number of nitrogen functional groups attached to an aromatic ring is 1. The molecule has 0 aliphatic heterocycles. The molecular formula is C16H14F3N3. The summed E-state index contributed by atoms with van der Waals surface area (Å²) in [6.45, 7) is 1.14. The molecule has 0 saturated carbocycles. The van der Waals surface area contributed by atoms with Crippen molar-refractivity contribution >= 4 is 16.7 Å². The fourth-order valence-electron chi connectivity index (χ4n) is 2.35. The lowest BCUT2D eigenvalue weighted by Crippen LogP contribution is -2.17. The summed E-state index contributed by atoms with van der Waals surface area (Å²) in [5.41, 5.74) is 7.46. The van der Waals surface area contributed by atoms with E-state index in [9.17, 15) is 13.2 Å². The molecule has 0 amide bonds. The molecule has 2 aromatic carbocycles. The van der Waals surface area contributed by atoms with Crippen LogP contribution in [0, 0.1) is 0 Å². The van der Waals surface area contributed by atoms with Crippen molar-refractivity contribution in [1.82, 2.24) is 9.78 Å². The van der Waals surface area contributed by atoms with Gasteiger partial charge in [-0.05, 0) is 36.8 Å². The van der Waals surface area contributed by atoms with E-state index in [1.165, 1.54) is 16.8 Å². The van der Waals surface area contributed by atoms with Crippen molar-refractivity contribution in [3.8, 4) is 5.69 Å². The lowest BCUT2D eigenvalue weighted by atomic mass is 9.99. The van der Waals surface area contributed by atoms with Crippen LogP contribution in [0.25, 0.3) is 16.6 Å². The number of fused-ring (bicyclic) bond motifs is 1. The van der Waals surface area contributed by atoms with E-state index >= 15 is 0 Å². The maximum absolute atomic E-state index is 12.8. The Hall–Kier alpha value is -2.50. The lowest BCUT2D eigenvalue weighted by molar-refractivity contribution is -0.146. The Balaban J connectivity index is 2.11. The maximum atomic E-state index is 12.8. The van der Waals surface area contributed by atoms with Crippen LogP contribution in [-0.2, 0) is 0 Å². The summed E-state index contributed by atoms with van der Waals surface area (Å²) < 4.78 is 40.0. The highest BCUT2D eigenvalue weighted by Crippen LogP contribution is 2.36. The van der Waals surface area contributed by atoms with E-state index in [1.807, 2.05) is 30.3 Å². The molecule has 0 saturated heterocycles. The van der Waals surface area contributed by atoms with Gasteiger partial charge < -0.3 is 5.73 Å². The highest BCUT2D eigenvalue weighted by Gasteiger charge is 2.37. The summed E-state index contributed by atoms with van der Waals surface area (Å²) >= 11 is 0. The third-order valence-corrected chi connectivity index (χ3v) is 3.73. The van der Waals surface area contributed by atoms with E-state index in [0.29, 0.717) is 16.7 Å². The van der Waals surface area contributed by atoms with Crippen molar-refractivity contribution in [2.24, 2.45) is 0 Å². The number of rotatable bonds is 2. The first-order valence-electron chi connectivity index (χ1n) is 6.78. The van der Waals surface area contributed by atoms with E-state index in [0.717, 1.165) is 12.6 Å². The topological polar surface area (TPSA) is 43.8 Å². The van der Waals surface area contributed by atoms with Crippen LogP contribution in [0.4, 0.5) is 19.0 Å². The Morgan fingerprint density at radius 3 is 2.41 bits per heavy atom. The van der Waals surface area contributed by atoms with Gasteiger partial charge in [-0.25, -0.2) is 4.68 Å². The van der Waals surface area contributed by atoms with E-state index in [1.54, 1.807) is 6.07 Å². The molecular weight excluding hydrogens is 291 g/mol. The summed E-state index contributed by atoms with van der Waals surface area (Å²) in [4.78, 5) is 0. The van der Waals surface area contributed by atoms with Crippen molar-refractivity contribution in [3.63, 3.8) is 0 Å². The van der Waals surface area contributed by atoms with Gasteiger partial charge in [-0.15, -0.1) is 0 Å². The van der Waals surface area contributed by atoms with Crippen LogP contribution in [0.1, 0.15) is 18.4 Å². The minimum absolute atomic E-state index is 0.178. The first kappa shape index (κ1) is 14.4.